The zero-order valence-electron chi connectivity index (χ0n) is 17.1. The van der Waals surface area contributed by atoms with Gasteiger partial charge in [0.15, 0.2) is 0 Å². The third-order valence-electron chi connectivity index (χ3n) is 4.50. The number of nitrogens with zero attached hydrogens (tertiary/aromatic N) is 2. The molecule has 1 amide bonds. The summed E-state index contributed by atoms with van der Waals surface area (Å²) in [7, 11) is 1.57. The summed E-state index contributed by atoms with van der Waals surface area (Å²) < 4.78 is 11.1. The van der Waals surface area contributed by atoms with Gasteiger partial charge in [0.25, 0.3) is 0 Å². The molecule has 2 aromatic heterocycles. The number of aromatic nitrogens is 2. The maximum atomic E-state index is 11.4. The van der Waals surface area contributed by atoms with Gasteiger partial charge >= 0.3 is 0 Å². The summed E-state index contributed by atoms with van der Waals surface area (Å²) in [6.45, 7) is 3.41. The summed E-state index contributed by atoms with van der Waals surface area (Å²) in [5, 5.41) is 15.9. The first kappa shape index (κ1) is 21.5. The lowest BCUT2D eigenvalue weighted by Crippen LogP contribution is -2.26. The van der Waals surface area contributed by atoms with Gasteiger partial charge in [0.1, 0.15) is 30.7 Å². The van der Waals surface area contributed by atoms with Gasteiger partial charge in [-0.3, -0.25) is 9.78 Å². The third-order valence-corrected chi connectivity index (χ3v) is 4.50. The van der Waals surface area contributed by atoms with Gasteiger partial charge in [-0.25, -0.2) is 4.98 Å². The predicted octanol–water partition coefficient (Wildman–Crippen LogP) is 2.04. The van der Waals surface area contributed by atoms with Gasteiger partial charge in [-0.1, -0.05) is 6.07 Å². The van der Waals surface area contributed by atoms with Gasteiger partial charge in [-0.05, 0) is 37.3 Å². The van der Waals surface area contributed by atoms with E-state index >= 15 is 0 Å². The van der Waals surface area contributed by atoms with Gasteiger partial charge in [0.2, 0.25) is 11.8 Å². The van der Waals surface area contributed by atoms with Crippen LogP contribution < -0.4 is 15.4 Å². The molecule has 3 aromatic rings. The highest BCUT2D eigenvalue weighted by Crippen LogP contribution is 2.22. The number of carbonyl (C=O) groups excluding carboxylic acids is 1. The molecule has 0 saturated carbocycles. The van der Waals surface area contributed by atoms with Gasteiger partial charge in [-0.2, -0.15) is 0 Å². The van der Waals surface area contributed by atoms with Crippen molar-refractivity contribution in [3.05, 3.63) is 66.0 Å². The van der Waals surface area contributed by atoms with Crippen LogP contribution in [0.5, 0.6) is 5.75 Å². The standard InChI is InChI=1S/C22H26N4O4/c1-15-3-4-17(12-25-15)20(27)13-24-9-10-29-18-7-5-16(6-8-18)19-14-30-22(26-19)11-21(28)23-2/h3-8,12,14,20,24,27H,9-11,13H2,1-2H3,(H,23,28)/t20-/m0/s1. The Hall–Kier alpha value is -3.23. The number of benzene rings is 1. The molecule has 0 aliphatic carbocycles. The first-order valence-corrected chi connectivity index (χ1v) is 9.74. The Kier molecular flexibility index (Phi) is 7.53. The predicted molar refractivity (Wildman–Crippen MR) is 112 cm³/mol. The van der Waals surface area contributed by atoms with Crippen LogP contribution in [0.2, 0.25) is 0 Å². The molecule has 8 nitrogen and oxygen atoms in total. The number of aliphatic hydroxyl groups is 1. The maximum Gasteiger partial charge on any atom is 0.229 e. The molecule has 158 valence electrons. The van der Waals surface area contributed by atoms with Crippen molar-refractivity contribution in [2.45, 2.75) is 19.4 Å². The van der Waals surface area contributed by atoms with E-state index in [2.05, 4.69) is 20.6 Å². The summed E-state index contributed by atoms with van der Waals surface area (Å²) >= 11 is 0. The number of nitrogens with one attached hydrogen (secondary N) is 2. The Morgan fingerprint density at radius 2 is 2.03 bits per heavy atom. The van der Waals surface area contributed by atoms with Crippen LogP contribution in [-0.4, -0.2) is 47.7 Å². The van der Waals surface area contributed by atoms with E-state index in [0.29, 0.717) is 31.3 Å². The summed E-state index contributed by atoms with van der Waals surface area (Å²) in [4.78, 5) is 19.9. The summed E-state index contributed by atoms with van der Waals surface area (Å²) in [5.41, 5.74) is 3.26. The highest BCUT2D eigenvalue weighted by molar-refractivity contribution is 5.77. The van der Waals surface area contributed by atoms with E-state index in [4.69, 9.17) is 9.15 Å². The molecular formula is C22H26N4O4. The van der Waals surface area contributed by atoms with Crippen molar-refractivity contribution in [2.75, 3.05) is 26.7 Å². The number of hydrogen-bond acceptors (Lipinski definition) is 7. The quantitative estimate of drug-likeness (QED) is 0.439. The molecule has 30 heavy (non-hydrogen) atoms. The molecule has 0 aliphatic rings. The van der Waals surface area contributed by atoms with E-state index in [1.54, 1.807) is 13.2 Å². The third kappa shape index (κ3) is 6.13. The van der Waals surface area contributed by atoms with E-state index in [1.807, 2.05) is 43.3 Å². The van der Waals surface area contributed by atoms with E-state index in [0.717, 1.165) is 22.6 Å². The molecule has 0 saturated heterocycles. The van der Waals surface area contributed by atoms with Crippen molar-refractivity contribution in [3.8, 4) is 17.0 Å². The average Bonchev–Trinajstić information content (AvgIpc) is 3.22. The van der Waals surface area contributed by atoms with Crippen LogP contribution in [0.1, 0.15) is 23.3 Å². The number of ether oxygens (including phenoxy) is 1. The lowest BCUT2D eigenvalue weighted by molar-refractivity contribution is -0.120. The van der Waals surface area contributed by atoms with Crippen LogP contribution in [0.25, 0.3) is 11.3 Å². The summed E-state index contributed by atoms with van der Waals surface area (Å²) in [6.07, 6.45) is 2.73. The Morgan fingerprint density at radius 3 is 2.73 bits per heavy atom. The SMILES string of the molecule is CNC(=O)Cc1nc(-c2ccc(OCCNC[C@H](O)c3ccc(C)nc3)cc2)co1. The minimum atomic E-state index is -0.604. The van der Waals surface area contributed by atoms with Crippen LogP contribution in [-0.2, 0) is 11.2 Å². The number of aryl methyl sites for hydroxylation is 1. The highest BCUT2D eigenvalue weighted by Gasteiger charge is 2.10. The molecule has 1 aromatic carbocycles. The largest absolute Gasteiger partial charge is 0.492 e. The average molecular weight is 410 g/mol. The molecule has 0 bridgehead atoms. The molecule has 0 radical (unpaired) electrons. The first-order valence-electron chi connectivity index (χ1n) is 9.74. The van der Waals surface area contributed by atoms with Gasteiger partial charge in [-0.15, -0.1) is 0 Å². The van der Waals surface area contributed by atoms with Crippen LogP contribution in [0.3, 0.4) is 0 Å². The molecule has 2 heterocycles. The summed E-state index contributed by atoms with van der Waals surface area (Å²) in [6, 6.07) is 11.2. The molecule has 8 heteroatoms. The van der Waals surface area contributed by atoms with E-state index in [1.165, 1.54) is 6.26 Å². The number of likely N-dealkylation sites (N-methyl/N-ethyl adjacent to an activating group) is 1. The van der Waals surface area contributed by atoms with Crippen LogP contribution in [0, 0.1) is 6.92 Å². The fourth-order valence-electron chi connectivity index (χ4n) is 2.75. The minimum absolute atomic E-state index is 0.111. The number of aliphatic hydroxyl groups excluding tert-OH is 1. The fraction of sp³-hybridized carbons (Fsp3) is 0.318. The monoisotopic (exact) mass is 410 g/mol. The Bertz CT molecular complexity index is 939. The van der Waals surface area contributed by atoms with Crippen molar-refractivity contribution >= 4 is 5.91 Å². The second-order valence-corrected chi connectivity index (χ2v) is 6.80. The number of hydrogen-bond donors (Lipinski definition) is 3. The molecule has 3 N–H and O–H groups in total. The second-order valence-electron chi connectivity index (χ2n) is 6.80. The molecule has 3 rings (SSSR count). The Morgan fingerprint density at radius 1 is 1.23 bits per heavy atom. The van der Waals surface area contributed by atoms with Gasteiger partial charge in [0.05, 0.1) is 6.10 Å². The Labute approximate surface area is 175 Å². The minimum Gasteiger partial charge on any atom is -0.492 e. The van der Waals surface area contributed by atoms with Gasteiger partial charge in [0, 0.05) is 43.2 Å². The summed E-state index contributed by atoms with van der Waals surface area (Å²) in [5.74, 6) is 0.959. The zero-order chi connectivity index (χ0) is 21.3. The van der Waals surface area contributed by atoms with Crippen LogP contribution >= 0.6 is 0 Å². The van der Waals surface area contributed by atoms with Crippen molar-refractivity contribution in [1.82, 2.24) is 20.6 Å². The van der Waals surface area contributed by atoms with Crippen molar-refractivity contribution in [1.29, 1.82) is 0 Å². The number of carbonyl (C=O) groups is 1. The maximum absolute atomic E-state index is 11.4. The van der Waals surface area contributed by atoms with Crippen molar-refractivity contribution < 1.29 is 19.1 Å². The molecule has 0 unspecified atom stereocenters. The molecule has 0 aliphatic heterocycles. The number of rotatable bonds is 10. The number of amides is 1. The highest BCUT2D eigenvalue weighted by atomic mass is 16.5. The number of oxazole rings is 1. The van der Waals surface area contributed by atoms with Crippen molar-refractivity contribution in [3.63, 3.8) is 0 Å². The fourth-order valence-corrected chi connectivity index (χ4v) is 2.75. The molecule has 0 fully saturated rings. The lowest BCUT2D eigenvalue weighted by atomic mass is 10.1. The molecule has 1 atom stereocenters. The second kappa shape index (κ2) is 10.5. The number of pyridine rings is 1. The lowest BCUT2D eigenvalue weighted by Gasteiger charge is -2.12. The van der Waals surface area contributed by atoms with Crippen LogP contribution in [0.4, 0.5) is 0 Å². The molecular weight excluding hydrogens is 384 g/mol. The smallest absolute Gasteiger partial charge is 0.229 e. The van der Waals surface area contributed by atoms with Gasteiger partial charge < -0.3 is 24.9 Å². The normalized spacial score (nSPS) is 11.8. The topological polar surface area (TPSA) is 110 Å². The van der Waals surface area contributed by atoms with Crippen molar-refractivity contribution in [2.24, 2.45) is 0 Å². The van der Waals surface area contributed by atoms with Crippen LogP contribution in [0.15, 0.2) is 53.3 Å². The van der Waals surface area contributed by atoms with E-state index < -0.39 is 6.10 Å². The molecule has 0 spiro atoms. The van der Waals surface area contributed by atoms with E-state index in [9.17, 15) is 9.90 Å². The zero-order valence-corrected chi connectivity index (χ0v) is 17.1. The van der Waals surface area contributed by atoms with E-state index in [-0.39, 0.29) is 12.3 Å². The Balaban J connectivity index is 1.40. The first-order chi connectivity index (χ1) is 14.5.